The summed E-state index contributed by atoms with van der Waals surface area (Å²) >= 11 is 1.86. The predicted octanol–water partition coefficient (Wildman–Crippen LogP) is 5.62. The fourth-order valence-corrected chi connectivity index (χ4v) is 3.74. The molecule has 3 aromatic carbocycles. The van der Waals surface area contributed by atoms with E-state index in [1.165, 1.54) is 44.4 Å². The van der Waals surface area contributed by atoms with Crippen molar-refractivity contribution in [2.75, 3.05) is 6.61 Å². The van der Waals surface area contributed by atoms with Gasteiger partial charge in [0.15, 0.2) is 0 Å². The number of carbonyl (C=O) groups is 2. The van der Waals surface area contributed by atoms with Crippen LogP contribution in [-0.4, -0.2) is 23.7 Å². The van der Waals surface area contributed by atoms with Gasteiger partial charge in [-0.25, -0.2) is 9.59 Å². The van der Waals surface area contributed by atoms with E-state index in [2.05, 4.69) is 48.5 Å². The molecule has 1 N–H and O–H groups in total. The molecule has 0 radical (unpaired) electrons. The summed E-state index contributed by atoms with van der Waals surface area (Å²) < 4.78 is 7.50. The van der Waals surface area contributed by atoms with Gasteiger partial charge in [0.25, 0.3) is 0 Å². The Labute approximate surface area is 160 Å². The zero-order chi connectivity index (χ0) is 19.2. The minimum Gasteiger partial charge on any atom is -0.478 e. The lowest BCUT2D eigenvalue weighted by Gasteiger charge is -2.01. The second-order valence-corrected chi connectivity index (χ2v) is 6.78. The molecular formula is C22H18O4S. The van der Waals surface area contributed by atoms with Crippen LogP contribution >= 0.6 is 11.3 Å². The fourth-order valence-electron chi connectivity index (χ4n) is 2.64. The molecule has 0 spiro atoms. The van der Waals surface area contributed by atoms with Gasteiger partial charge in [0.05, 0.1) is 17.7 Å². The Morgan fingerprint density at radius 2 is 1.30 bits per heavy atom. The molecule has 0 aliphatic heterocycles. The molecular weight excluding hydrogens is 360 g/mol. The van der Waals surface area contributed by atoms with Crippen LogP contribution in [0.25, 0.3) is 20.2 Å². The Morgan fingerprint density at radius 1 is 0.815 bits per heavy atom. The van der Waals surface area contributed by atoms with Crippen LogP contribution in [0.1, 0.15) is 27.6 Å². The number of thiophene rings is 1. The highest BCUT2D eigenvalue weighted by molar-refractivity contribution is 7.25. The molecule has 0 saturated carbocycles. The van der Waals surface area contributed by atoms with E-state index >= 15 is 0 Å². The van der Waals surface area contributed by atoms with E-state index in [9.17, 15) is 9.59 Å². The van der Waals surface area contributed by atoms with Gasteiger partial charge in [0, 0.05) is 20.2 Å². The van der Waals surface area contributed by atoms with Crippen LogP contribution < -0.4 is 0 Å². The van der Waals surface area contributed by atoms with Crippen LogP contribution in [0, 0.1) is 0 Å². The molecule has 0 amide bonds. The van der Waals surface area contributed by atoms with Gasteiger partial charge in [-0.2, -0.15) is 0 Å². The molecule has 1 heterocycles. The lowest BCUT2D eigenvalue weighted by molar-refractivity contribution is 0.0525. The van der Waals surface area contributed by atoms with E-state index in [1.54, 1.807) is 6.92 Å². The van der Waals surface area contributed by atoms with Gasteiger partial charge in [0.1, 0.15) is 0 Å². The third kappa shape index (κ3) is 4.33. The van der Waals surface area contributed by atoms with Crippen molar-refractivity contribution in [1.82, 2.24) is 0 Å². The van der Waals surface area contributed by atoms with Crippen molar-refractivity contribution < 1.29 is 19.4 Å². The molecule has 0 fully saturated rings. The Morgan fingerprint density at radius 3 is 1.78 bits per heavy atom. The Hall–Kier alpha value is -3.18. The number of hydrogen-bond donors (Lipinski definition) is 1. The number of hydrogen-bond acceptors (Lipinski definition) is 4. The van der Waals surface area contributed by atoms with Crippen molar-refractivity contribution in [1.29, 1.82) is 0 Å². The van der Waals surface area contributed by atoms with Crippen LogP contribution in [0.2, 0.25) is 0 Å². The Kier molecular flexibility index (Phi) is 5.84. The van der Waals surface area contributed by atoms with Crippen LogP contribution in [-0.2, 0) is 4.74 Å². The molecule has 1 aromatic heterocycles. The van der Waals surface area contributed by atoms with Gasteiger partial charge in [-0.3, -0.25) is 0 Å². The first-order valence-electron chi connectivity index (χ1n) is 8.47. The monoisotopic (exact) mass is 378 g/mol. The van der Waals surface area contributed by atoms with E-state index < -0.39 is 11.9 Å². The number of carboxylic acid groups (broad SMARTS) is 1. The van der Waals surface area contributed by atoms with Gasteiger partial charge >= 0.3 is 11.9 Å². The largest absolute Gasteiger partial charge is 0.478 e. The van der Waals surface area contributed by atoms with E-state index in [1.807, 2.05) is 11.3 Å². The molecule has 0 aliphatic rings. The first kappa shape index (κ1) is 18.6. The van der Waals surface area contributed by atoms with Crippen LogP contribution in [0.5, 0.6) is 0 Å². The topological polar surface area (TPSA) is 63.6 Å². The highest BCUT2D eigenvalue weighted by atomic mass is 32.1. The standard InChI is InChI=1S/C12H8S.C10H10O4/c1-3-7-11-9(5-1)10-6-2-4-8-12(10)13-11;1-2-14-10(13)8-5-3-7(4-6-8)9(11)12/h1-8H;3-6H,2H2,1H3,(H,11,12). The smallest absolute Gasteiger partial charge is 0.338 e. The molecule has 0 atom stereocenters. The zero-order valence-electron chi connectivity index (χ0n) is 14.7. The summed E-state index contributed by atoms with van der Waals surface area (Å²) in [6.45, 7) is 2.02. The summed E-state index contributed by atoms with van der Waals surface area (Å²) in [6.07, 6.45) is 0. The number of esters is 1. The first-order valence-corrected chi connectivity index (χ1v) is 9.28. The quantitative estimate of drug-likeness (QED) is 0.470. The molecule has 5 heteroatoms. The molecule has 136 valence electrons. The van der Waals surface area contributed by atoms with E-state index in [0.717, 1.165) is 0 Å². The lowest BCUT2D eigenvalue weighted by Crippen LogP contribution is -2.05. The minimum atomic E-state index is -1.01. The van der Waals surface area contributed by atoms with Crippen LogP contribution in [0.15, 0.2) is 72.8 Å². The highest BCUT2D eigenvalue weighted by Crippen LogP contribution is 2.32. The maximum Gasteiger partial charge on any atom is 0.338 e. The number of carboxylic acids is 1. The van der Waals surface area contributed by atoms with Crippen molar-refractivity contribution in [3.05, 3.63) is 83.9 Å². The second kappa shape index (κ2) is 8.47. The van der Waals surface area contributed by atoms with Crippen LogP contribution in [0.3, 0.4) is 0 Å². The average molecular weight is 378 g/mol. The second-order valence-electron chi connectivity index (χ2n) is 5.70. The summed E-state index contributed by atoms with van der Waals surface area (Å²) in [5.41, 5.74) is 0.509. The normalized spacial score (nSPS) is 10.3. The third-order valence-corrected chi connectivity index (χ3v) is 5.08. The van der Waals surface area contributed by atoms with Gasteiger partial charge in [0.2, 0.25) is 0 Å². The van der Waals surface area contributed by atoms with E-state index in [4.69, 9.17) is 9.84 Å². The summed E-state index contributed by atoms with van der Waals surface area (Å²) in [5, 5.41) is 11.4. The van der Waals surface area contributed by atoms with Gasteiger partial charge in [-0.15, -0.1) is 11.3 Å². The molecule has 0 bridgehead atoms. The SMILES string of the molecule is CCOC(=O)c1ccc(C(=O)O)cc1.c1ccc2c(c1)sc1ccccc12. The van der Waals surface area contributed by atoms with Crippen molar-refractivity contribution in [3.8, 4) is 0 Å². The molecule has 0 unspecified atom stereocenters. The average Bonchev–Trinajstić information content (AvgIpc) is 3.07. The molecule has 4 aromatic rings. The van der Waals surface area contributed by atoms with Gasteiger partial charge in [-0.05, 0) is 43.3 Å². The number of aromatic carboxylic acids is 1. The summed E-state index contributed by atoms with van der Waals surface area (Å²) in [6, 6.07) is 22.7. The van der Waals surface area contributed by atoms with E-state index in [-0.39, 0.29) is 5.56 Å². The summed E-state index contributed by atoms with van der Waals surface area (Å²) in [4.78, 5) is 21.6. The van der Waals surface area contributed by atoms with E-state index in [0.29, 0.717) is 12.2 Å². The van der Waals surface area contributed by atoms with Crippen molar-refractivity contribution in [2.24, 2.45) is 0 Å². The maximum absolute atomic E-state index is 11.2. The molecule has 0 saturated heterocycles. The molecule has 4 rings (SSSR count). The first-order chi connectivity index (χ1) is 13.1. The summed E-state index contributed by atoms with van der Waals surface area (Å²) in [5.74, 6) is -1.45. The Balaban J connectivity index is 0.000000156. The predicted molar refractivity (Wildman–Crippen MR) is 109 cm³/mol. The third-order valence-electron chi connectivity index (χ3n) is 3.93. The molecule has 27 heavy (non-hydrogen) atoms. The maximum atomic E-state index is 11.2. The number of fused-ring (bicyclic) bond motifs is 3. The zero-order valence-corrected chi connectivity index (χ0v) is 15.5. The Bertz CT molecular complexity index is 1030. The van der Waals surface area contributed by atoms with Crippen LogP contribution in [0.4, 0.5) is 0 Å². The number of carbonyl (C=O) groups excluding carboxylic acids is 1. The number of ether oxygens (including phenoxy) is 1. The van der Waals surface area contributed by atoms with Gasteiger partial charge in [-0.1, -0.05) is 36.4 Å². The van der Waals surface area contributed by atoms with Crippen molar-refractivity contribution in [2.45, 2.75) is 6.92 Å². The lowest BCUT2D eigenvalue weighted by atomic mass is 10.1. The number of rotatable bonds is 3. The molecule has 4 nitrogen and oxygen atoms in total. The number of benzene rings is 3. The summed E-state index contributed by atoms with van der Waals surface area (Å²) in [7, 11) is 0. The van der Waals surface area contributed by atoms with Crippen molar-refractivity contribution in [3.63, 3.8) is 0 Å². The molecule has 0 aliphatic carbocycles. The minimum absolute atomic E-state index is 0.151. The highest BCUT2D eigenvalue weighted by Gasteiger charge is 2.07. The van der Waals surface area contributed by atoms with Crippen molar-refractivity contribution >= 4 is 43.4 Å². The fraction of sp³-hybridized carbons (Fsp3) is 0.0909. The van der Waals surface area contributed by atoms with Gasteiger partial charge < -0.3 is 9.84 Å².